The van der Waals surface area contributed by atoms with Crippen LogP contribution in [-0.4, -0.2) is 45.2 Å². The number of rotatable bonds is 10. The molecule has 42 heavy (non-hydrogen) atoms. The van der Waals surface area contributed by atoms with Gasteiger partial charge < -0.3 is 14.8 Å². The molecule has 0 aliphatic carbocycles. The second-order valence-electron chi connectivity index (χ2n) is 8.80. The number of hydrogen-bond donors (Lipinski definition) is 2. The maximum atomic E-state index is 12.9. The third-order valence-electron chi connectivity index (χ3n) is 5.93. The zero-order valence-electron chi connectivity index (χ0n) is 22.9. The molecule has 0 aliphatic heterocycles. The normalized spacial score (nSPS) is 10.8. The average molecular weight is 603 g/mol. The Bertz CT molecular complexity index is 1770. The van der Waals surface area contributed by atoms with Crippen LogP contribution in [0, 0.1) is 11.3 Å². The fourth-order valence-electron chi connectivity index (χ4n) is 4.02. The van der Waals surface area contributed by atoms with E-state index < -0.39 is 21.8 Å². The summed E-state index contributed by atoms with van der Waals surface area (Å²) < 4.78 is 37.2. The van der Waals surface area contributed by atoms with Crippen LogP contribution in [0.25, 0.3) is 22.4 Å². The topological polar surface area (TPSA) is 147 Å². The van der Waals surface area contributed by atoms with Crippen molar-refractivity contribution >= 4 is 39.3 Å². The highest BCUT2D eigenvalue weighted by Gasteiger charge is 2.20. The van der Waals surface area contributed by atoms with Gasteiger partial charge in [-0.05, 0) is 48.5 Å². The van der Waals surface area contributed by atoms with Crippen LogP contribution in [0.15, 0.2) is 88.8 Å². The van der Waals surface area contributed by atoms with E-state index in [2.05, 4.69) is 11.4 Å². The van der Waals surface area contributed by atoms with Crippen molar-refractivity contribution in [3.05, 3.63) is 84.4 Å². The van der Waals surface area contributed by atoms with Crippen LogP contribution in [0.5, 0.6) is 11.5 Å². The predicted octanol–water partition coefficient (Wildman–Crippen LogP) is 4.86. The summed E-state index contributed by atoms with van der Waals surface area (Å²) in [7, 11) is -0.905. The molecular formula is C30H26N4O6S2. The van der Waals surface area contributed by atoms with Gasteiger partial charge in [0, 0.05) is 29.3 Å². The molecule has 0 saturated carbocycles. The summed E-state index contributed by atoms with van der Waals surface area (Å²) in [6.07, 6.45) is 0. The molecule has 10 nitrogen and oxygen atoms in total. The zero-order chi connectivity index (χ0) is 30.3. The van der Waals surface area contributed by atoms with Gasteiger partial charge in [0.2, 0.25) is 11.8 Å². The first kappa shape index (κ1) is 30.1. The Morgan fingerprint density at radius 1 is 0.952 bits per heavy atom. The zero-order valence-corrected chi connectivity index (χ0v) is 24.5. The number of ether oxygens (including phenoxy) is 2. The smallest absolute Gasteiger partial charge is 0.264 e. The molecule has 0 bridgehead atoms. The Hall–Kier alpha value is -4.86. The van der Waals surface area contributed by atoms with E-state index in [1.165, 1.54) is 24.3 Å². The standard InChI is InChI=1S/C30H26N4O6S2/c1-19(35)34-42(37,38)23-12-9-21(10-13-23)32-29(36)18-41-30-26(17-31)24(16-27(33-30)20-7-5-4-6-8-20)25-15-22(39-2)11-14-28(25)40-3/h4-16H,18H2,1-3H3,(H,32,36)(H,34,35). The number of pyridine rings is 1. The van der Waals surface area contributed by atoms with E-state index in [-0.39, 0.29) is 16.2 Å². The highest BCUT2D eigenvalue weighted by Crippen LogP contribution is 2.40. The molecule has 2 N–H and O–H groups in total. The molecule has 2 amide bonds. The van der Waals surface area contributed by atoms with Gasteiger partial charge in [-0.1, -0.05) is 42.1 Å². The van der Waals surface area contributed by atoms with E-state index in [0.29, 0.717) is 39.0 Å². The summed E-state index contributed by atoms with van der Waals surface area (Å²) in [6.45, 7) is 1.10. The van der Waals surface area contributed by atoms with Gasteiger partial charge in [0.05, 0.1) is 36.1 Å². The molecule has 1 aromatic heterocycles. The van der Waals surface area contributed by atoms with Gasteiger partial charge in [-0.3, -0.25) is 9.59 Å². The monoisotopic (exact) mass is 602 g/mol. The second-order valence-corrected chi connectivity index (χ2v) is 11.4. The number of amides is 2. The number of aromatic nitrogens is 1. The summed E-state index contributed by atoms with van der Waals surface area (Å²) in [5.74, 6) is -0.0686. The van der Waals surface area contributed by atoms with Gasteiger partial charge in [0.15, 0.2) is 0 Å². The summed E-state index contributed by atoms with van der Waals surface area (Å²) in [6, 6.07) is 24.2. The van der Waals surface area contributed by atoms with Crippen molar-refractivity contribution in [2.75, 3.05) is 25.3 Å². The van der Waals surface area contributed by atoms with Crippen LogP contribution in [0.3, 0.4) is 0 Å². The summed E-state index contributed by atoms with van der Waals surface area (Å²) >= 11 is 1.09. The molecule has 0 saturated heterocycles. The number of carbonyl (C=O) groups excluding carboxylic acids is 2. The minimum absolute atomic E-state index is 0.0828. The Balaban J connectivity index is 1.64. The van der Waals surface area contributed by atoms with Crippen LogP contribution in [0.2, 0.25) is 0 Å². The minimum atomic E-state index is -3.99. The SMILES string of the molecule is COc1ccc(OC)c(-c2cc(-c3ccccc3)nc(SCC(=O)Nc3ccc(S(=O)(=O)NC(C)=O)cc3)c2C#N)c1. The lowest BCUT2D eigenvalue weighted by atomic mass is 9.98. The molecular weight excluding hydrogens is 576 g/mol. The maximum Gasteiger partial charge on any atom is 0.264 e. The molecule has 0 unspecified atom stereocenters. The Kier molecular flexibility index (Phi) is 9.46. The average Bonchev–Trinajstić information content (AvgIpc) is 2.99. The fourth-order valence-corrected chi connectivity index (χ4v) is 5.82. The van der Waals surface area contributed by atoms with E-state index in [4.69, 9.17) is 14.5 Å². The molecule has 0 aliphatic rings. The Morgan fingerprint density at radius 3 is 2.29 bits per heavy atom. The van der Waals surface area contributed by atoms with Crippen molar-refractivity contribution in [3.8, 4) is 40.0 Å². The molecule has 3 aromatic carbocycles. The van der Waals surface area contributed by atoms with Crippen molar-refractivity contribution in [2.45, 2.75) is 16.8 Å². The number of thioether (sulfide) groups is 1. The van der Waals surface area contributed by atoms with Crippen LogP contribution in [-0.2, 0) is 19.6 Å². The molecule has 0 fully saturated rings. The number of carbonyl (C=O) groups is 2. The van der Waals surface area contributed by atoms with Gasteiger partial charge in [0.1, 0.15) is 22.6 Å². The first-order chi connectivity index (χ1) is 20.1. The van der Waals surface area contributed by atoms with Crippen molar-refractivity contribution in [2.24, 2.45) is 0 Å². The molecule has 4 rings (SSSR count). The quantitative estimate of drug-likeness (QED) is 0.243. The number of benzene rings is 3. The van der Waals surface area contributed by atoms with E-state index in [1.807, 2.05) is 41.1 Å². The third-order valence-corrected chi connectivity index (χ3v) is 8.36. The fraction of sp³-hybridized carbons (Fsp3) is 0.133. The first-order valence-electron chi connectivity index (χ1n) is 12.4. The molecule has 12 heteroatoms. The predicted molar refractivity (Wildman–Crippen MR) is 160 cm³/mol. The number of hydrogen-bond acceptors (Lipinski definition) is 9. The third kappa shape index (κ3) is 7.06. The van der Waals surface area contributed by atoms with E-state index in [1.54, 1.807) is 32.4 Å². The van der Waals surface area contributed by atoms with Gasteiger partial charge in [-0.25, -0.2) is 18.1 Å². The number of methoxy groups -OCH3 is 2. The van der Waals surface area contributed by atoms with Gasteiger partial charge in [0.25, 0.3) is 10.0 Å². The number of nitrogens with one attached hydrogen (secondary N) is 2. The molecule has 4 aromatic rings. The Labute approximate surface area is 247 Å². The summed E-state index contributed by atoms with van der Waals surface area (Å²) in [4.78, 5) is 28.6. The van der Waals surface area contributed by atoms with Crippen LogP contribution in [0.4, 0.5) is 5.69 Å². The van der Waals surface area contributed by atoms with Crippen molar-refractivity contribution in [1.82, 2.24) is 9.71 Å². The second kappa shape index (κ2) is 13.2. The van der Waals surface area contributed by atoms with Gasteiger partial charge >= 0.3 is 0 Å². The molecule has 0 spiro atoms. The summed E-state index contributed by atoms with van der Waals surface area (Å²) in [5.41, 5.74) is 3.26. The maximum absolute atomic E-state index is 12.9. The number of sulfonamides is 1. The number of nitrogens with zero attached hydrogens (tertiary/aromatic N) is 2. The largest absolute Gasteiger partial charge is 0.497 e. The lowest BCUT2D eigenvalue weighted by Crippen LogP contribution is -2.28. The van der Waals surface area contributed by atoms with E-state index >= 15 is 0 Å². The van der Waals surface area contributed by atoms with Crippen LogP contribution in [0.1, 0.15) is 12.5 Å². The highest BCUT2D eigenvalue weighted by molar-refractivity contribution is 8.00. The lowest BCUT2D eigenvalue weighted by Gasteiger charge is -2.15. The molecule has 0 radical (unpaired) electrons. The van der Waals surface area contributed by atoms with Crippen LogP contribution >= 0.6 is 11.8 Å². The first-order valence-corrected chi connectivity index (χ1v) is 14.9. The Morgan fingerprint density at radius 2 is 1.67 bits per heavy atom. The molecule has 1 heterocycles. The van der Waals surface area contributed by atoms with E-state index in [9.17, 15) is 23.3 Å². The van der Waals surface area contributed by atoms with Gasteiger partial charge in [-0.2, -0.15) is 5.26 Å². The summed E-state index contributed by atoms with van der Waals surface area (Å²) in [5, 5.41) is 13.3. The number of anilines is 1. The molecule has 0 atom stereocenters. The molecule has 214 valence electrons. The van der Waals surface area contributed by atoms with Gasteiger partial charge in [-0.15, -0.1) is 0 Å². The van der Waals surface area contributed by atoms with Crippen LogP contribution < -0.4 is 19.5 Å². The minimum Gasteiger partial charge on any atom is -0.497 e. The number of nitriles is 1. The highest BCUT2D eigenvalue weighted by atomic mass is 32.2. The van der Waals surface area contributed by atoms with Crippen molar-refractivity contribution in [3.63, 3.8) is 0 Å². The van der Waals surface area contributed by atoms with Crippen molar-refractivity contribution < 1.29 is 27.5 Å². The van der Waals surface area contributed by atoms with E-state index in [0.717, 1.165) is 24.2 Å². The lowest BCUT2D eigenvalue weighted by molar-refractivity contribution is -0.117. The van der Waals surface area contributed by atoms with Crippen molar-refractivity contribution in [1.29, 1.82) is 5.26 Å².